The quantitative estimate of drug-likeness (QED) is 0.618. The molecule has 0 atom stereocenters. The van der Waals surface area contributed by atoms with E-state index in [1.54, 1.807) is 18.5 Å². The summed E-state index contributed by atoms with van der Waals surface area (Å²) in [7, 11) is 1.85. The van der Waals surface area contributed by atoms with Gasteiger partial charge in [0.25, 0.3) is 0 Å². The lowest BCUT2D eigenvalue weighted by Gasteiger charge is -2.13. The van der Waals surface area contributed by atoms with Crippen molar-refractivity contribution in [1.29, 1.82) is 5.41 Å². The Morgan fingerprint density at radius 1 is 1.24 bits per heavy atom. The number of ether oxygens (including phenoxy) is 1. The summed E-state index contributed by atoms with van der Waals surface area (Å²) in [5.74, 6) is 1.40. The fourth-order valence-corrected chi connectivity index (χ4v) is 2.35. The first-order valence-electron chi connectivity index (χ1n) is 7.67. The maximum Gasteiger partial charge on any atom is 0.233 e. The van der Waals surface area contributed by atoms with Crippen LogP contribution >= 0.6 is 0 Å². The van der Waals surface area contributed by atoms with Crippen molar-refractivity contribution in [3.8, 4) is 23.0 Å². The average Bonchev–Trinajstić information content (AvgIpc) is 2.64. The summed E-state index contributed by atoms with van der Waals surface area (Å²) in [6.07, 6.45) is 4.40. The number of aryl methyl sites for hydroxylation is 1. The number of aromatic nitrogens is 3. The highest BCUT2D eigenvalue weighted by Gasteiger charge is 2.15. The molecule has 0 radical (unpaired) electrons. The molecule has 126 valence electrons. The van der Waals surface area contributed by atoms with Gasteiger partial charge in [-0.05, 0) is 30.7 Å². The fraction of sp³-hybridized carbons (Fsp3) is 0.111. The topological polar surface area (TPSA) is 110 Å². The second-order valence-corrected chi connectivity index (χ2v) is 5.37. The molecule has 0 bridgehead atoms. The van der Waals surface area contributed by atoms with E-state index in [1.165, 1.54) is 0 Å². The minimum atomic E-state index is 0.180. The van der Waals surface area contributed by atoms with Gasteiger partial charge in [-0.2, -0.15) is 4.98 Å². The Labute approximate surface area is 145 Å². The van der Waals surface area contributed by atoms with Crippen LogP contribution in [0.1, 0.15) is 11.1 Å². The molecule has 0 aliphatic heterocycles. The van der Waals surface area contributed by atoms with Crippen LogP contribution in [0.5, 0.6) is 11.6 Å². The number of hydrogen-bond donors (Lipinski definition) is 3. The fourth-order valence-electron chi connectivity index (χ4n) is 2.35. The second-order valence-electron chi connectivity index (χ2n) is 5.37. The van der Waals surface area contributed by atoms with Gasteiger partial charge < -0.3 is 21.2 Å². The lowest BCUT2D eigenvalue weighted by atomic mass is 10.2. The van der Waals surface area contributed by atoms with Crippen LogP contribution in [0.4, 0.5) is 11.5 Å². The van der Waals surface area contributed by atoms with E-state index in [1.807, 2.05) is 38.2 Å². The predicted octanol–water partition coefficient (Wildman–Crippen LogP) is 3.26. The Morgan fingerprint density at radius 2 is 2.08 bits per heavy atom. The monoisotopic (exact) mass is 334 g/mol. The Hall–Kier alpha value is -3.48. The average molecular weight is 334 g/mol. The minimum Gasteiger partial charge on any atom is -0.438 e. The number of anilines is 2. The van der Waals surface area contributed by atoms with E-state index in [4.69, 9.17) is 15.9 Å². The number of rotatable bonds is 5. The minimum absolute atomic E-state index is 0.180. The van der Waals surface area contributed by atoms with Crippen LogP contribution in [0, 0.1) is 12.3 Å². The lowest BCUT2D eigenvalue weighted by molar-refractivity contribution is 0.462. The van der Waals surface area contributed by atoms with Gasteiger partial charge in [0.05, 0.1) is 5.56 Å². The number of nitrogens with two attached hydrogens (primary N) is 1. The standard InChI is InChI=1S/C18H18N6O/c1-11-5-6-13(8-15(11)21-2)25-18-14(9-19)16(20)23-17(24-18)12-4-3-7-22-10-12/h3-10,19,21H,1-2H3,(H2,20,23,24). The normalized spacial score (nSPS) is 10.3. The predicted molar refractivity (Wildman–Crippen MR) is 98.4 cm³/mol. The van der Waals surface area contributed by atoms with Crippen LogP contribution in [-0.2, 0) is 0 Å². The molecule has 3 rings (SSSR count). The van der Waals surface area contributed by atoms with Gasteiger partial charge in [-0.1, -0.05) is 6.07 Å². The maximum atomic E-state index is 7.59. The lowest BCUT2D eigenvalue weighted by Crippen LogP contribution is -2.05. The molecule has 7 heteroatoms. The van der Waals surface area contributed by atoms with Gasteiger partial charge in [0, 0.05) is 43.0 Å². The highest BCUT2D eigenvalue weighted by atomic mass is 16.5. The third-order valence-corrected chi connectivity index (χ3v) is 3.70. The van der Waals surface area contributed by atoms with Crippen molar-refractivity contribution >= 4 is 17.7 Å². The molecule has 4 N–H and O–H groups in total. The van der Waals surface area contributed by atoms with Crippen molar-refractivity contribution in [1.82, 2.24) is 15.0 Å². The van der Waals surface area contributed by atoms with Crippen LogP contribution in [0.2, 0.25) is 0 Å². The van der Waals surface area contributed by atoms with Crippen LogP contribution in [0.15, 0.2) is 42.7 Å². The smallest absolute Gasteiger partial charge is 0.233 e. The summed E-state index contributed by atoms with van der Waals surface area (Å²) < 4.78 is 5.90. The van der Waals surface area contributed by atoms with E-state index in [2.05, 4.69) is 20.3 Å². The van der Waals surface area contributed by atoms with Gasteiger partial charge in [-0.15, -0.1) is 0 Å². The van der Waals surface area contributed by atoms with Gasteiger partial charge in [-0.3, -0.25) is 4.98 Å². The van der Waals surface area contributed by atoms with E-state index in [-0.39, 0.29) is 11.7 Å². The number of benzene rings is 1. The number of hydrogen-bond acceptors (Lipinski definition) is 7. The number of nitrogens with zero attached hydrogens (tertiary/aromatic N) is 3. The molecule has 0 saturated carbocycles. The van der Waals surface area contributed by atoms with E-state index in [9.17, 15) is 0 Å². The third kappa shape index (κ3) is 3.40. The summed E-state index contributed by atoms with van der Waals surface area (Å²) in [6.45, 7) is 2.00. The Morgan fingerprint density at radius 3 is 2.76 bits per heavy atom. The summed E-state index contributed by atoms with van der Waals surface area (Å²) in [4.78, 5) is 12.7. The van der Waals surface area contributed by atoms with Crippen molar-refractivity contribution in [3.05, 3.63) is 53.9 Å². The molecule has 0 amide bonds. The van der Waals surface area contributed by atoms with E-state index >= 15 is 0 Å². The largest absolute Gasteiger partial charge is 0.438 e. The Kier molecular flexibility index (Phi) is 4.56. The molecule has 2 aromatic heterocycles. The number of nitrogens with one attached hydrogen (secondary N) is 2. The highest BCUT2D eigenvalue weighted by molar-refractivity contribution is 5.87. The van der Waals surface area contributed by atoms with Crippen molar-refractivity contribution in [2.45, 2.75) is 6.92 Å². The van der Waals surface area contributed by atoms with Crippen LogP contribution in [0.25, 0.3) is 11.4 Å². The molecule has 3 aromatic rings. The summed E-state index contributed by atoms with van der Waals surface area (Å²) in [6, 6.07) is 9.27. The van der Waals surface area contributed by atoms with Crippen molar-refractivity contribution in [2.24, 2.45) is 0 Å². The molecule has 0 aliphatic carbocycles. The van der Waals surface area contributed by atoms with Crippen LogP contribution in [-0.4, -0.2) is 28.2 Å². The maximum absolute atomic E-state index is 7.59. The SMILES string of the molecule is CNc1cc(Oc2nc(-c3cccnc3)nc(N)c2C=N)ccc1C. The van der Waals surface area contributed by atoms with Gasteiger partial charge in [0.15, 0.2) is 5.82 Å². The van der Waals surface area contributed by atoms with E-state index in [0.717, 1.165) is 23.0 Å². The highest BCUT2D eigenvalue weighted by Crippen LogP contribution is 2.30. The molecular formula is C18H18N6O. The summed E-state index contributed by atoms with van der Waals surface area (Å²) >= 11 is 0. The molecule has 0 aliphatic rings. The molecule has 1 aromatic carbocycles. The summed E-state index contributed by atoms with van der Waals surface area (Å²) in [5.41, 5.74) is 9.08. The Balaban J connectivity index is 2.05. The number of pyridine rings is 1. The molecule has 0 unspecified atom stereocenters. The molecule has 7 nitrogen and oxygen atoms in total. The summed E-state index contributed by atoms with van der Waals surface area (Å²) in [5, 5.41) is 10.7. The van der Waals surface area contributed by atoms with E-state index < -0.39 is 0 Å². The zero-order valence-corrected chi connectivity index (χ0v) is 13.9. The molecule has 0 spiro atoms. The van der Waals surface area contributed by atoms with Gasteiger partial charge in [0.2, 0.25) is 5.88 Å². The zero-order chi connectivity index (χ0) is 17.8. The van der Waals surface area contributed by atoms with Gasteiger partial charge >= 0.3 is 0 Å². The Bertz CT molecular complexity index is 911. The first kappa shape index (κ1) is 16.4. The first-order valence-corrected chi connectivity index (χ1v) is 7.67. The second kappa shape index (κ2) is 6.96. The number of nitrogen functional groups attached to an aromatic ring is 1. The molecule has 2 heterocycles. The van der Waals surface area contributed by atoms with Crippen molar-refractivity contribution in [3.63, 3.8) is 0 Å². The first-order chi connectivity index (χ1) is 12.1. The zero-order valence-electron chi connectivity index (χ0n) is 13.9. The molecule has 0 saturated heterocycles. The van der Waals surface area contributed by atoms with Crippen LogP contribution < -0.4 is 15.8 Å². The van der Waals surface area contributed by atoms with Crippen molar-refractivity contribution in [2.75, 3.05) is 18.1 Å². The van der Waals surface area contributed by atoms with E-state index in [0.29, 0.717) is 17.1 Å². The van der Waals surface area contributed by atoms with Gasteiger partial charge in [0.1, 0.15) is 11.6 Å². The van der Waals surface area contributed by atoms with Gasteiger partial charge in [-0.25, -0.2) is 4.98 Å². The molecule has 25 heavy (non-hydrogen) atoms. The third-order valence-electron chi connectivity index (χ3n) is 3.70. The van der Waals surface area contributed by atoms with Crippen LogP contribution in [0.3, 0.4) is 0 Å². The van der Waals surface area contributed by atoms with Crippen molar-refractivity contribution < 1.29 is 4.74 Å². The molecule has 0 fully saturated rings. The molecular weight excluding hydrogens is 316 g/mol.